The first-order valence-corrected chi connectivity index (χ1v) is 7.19. The summed E-state index contributed by atoms with van der Waals surface area (Å²) in [5, 5.41) is 12.7. The van der Waals surface area contributed by atoms with Crippen molar-refractivity contribution < 1.29 is 4.74 Å². The molecule has 1 aromatic carbocycles. The van der Waals surface area contributed by atoms with Crippen molar-refractivity contribution in [3.63, 3.8) is 0 Å². The van der Waals surface area contributed by atoms with Crippen LogP contribution in [0.5, 0.6) is 0 Å². The first kappa shape index (κ1) is 14.3. The molecular formula is C14H18ClN5O. The van der Waals surface area contributed by atoms with Gasteiger partial charge in [0.1, 0.15) is 0 Å². The van der Waals surface area contributed by atoms with Crippen LogP contribution in [0.1, 0.15) is 26.3 Å². The lowest BCUT2D eigenvalue weighted by atomic mass is 9.64. The maximum Gasteiger partial charge on any atom is 0.184 e. The number of ether oxygens (including phenoxy) is 1. The van der Waals surface area contributed by atoms with Crippen molar-refractivity contribution in [3.05, 3.63) is 23.2 Å². The zero-order valence-electron chi connectivity index (χ0n) is 12.2. The van der Waals surface area contributed by atoms with Gasteiger partial charge >= 0.3 is 0 Å². The molecule has 3 rings (SSSR count). The van der Waals surface area contributed by atoms with Gasteiger partial charge < -0.3 is 10.5 Å². The normalized spacial score (nSPS) is 23.8. The third kappa shape index (κ3) is 2.18. The van der Waals surface area contributed by atoms with E-state index in [2.05, 4.69) is 29.4 Å². The Morgan fingerprint density at radius 2 is 2.19 bits per heavy atom. The van der Waals surface area contributed by atoms with E-state index in [1.807, 2.05) is 10.7 Å². The first-order chi connectivity index (χ1) is 9.95. The standard InChI is InChI=1S/C14H18ClN5O/c1-14(2)11(7-12(14)21-3)20-13(17-18-19-20)9-5-4-8(15)6-10(9)16/h4-6,11-12H,7,16H2,1-3H3. The summed E-state index contributed by atoms with van der Waals surface area (Å²) in [6.45, 7) is 4.32. The van der Waals surface area contributed by atoms with Gasteiger partial charge in [-0.05, 0) is 35.0 Å². The van der Waals surface area contributed by atoms with Crippen LogP contribution in [0.3, 0.4) is 0 Å². The molecule has 2 atom stereocenters. The Balaban J connectivity index is 1.99. The van der Waals surface area contributed by atoms with Crippen molar-refractivity contribution in [2.45, 2.75) is 32.4 Å². The summed E-state index contributed by atoms with van der Waals surface area (Å²) in [5.74, 6) is 0.664. The molecule has 1 heterocycles. The molecule has 1 fully saturated rings. The van der Waals surface area contributed by atoms with E-state index >= 15 is 0 Å². The smallest absolute Gasteiger partial charge is 0.184 e. The van der Waals surface area contributed by atoms with E-state index in [-0.39, 0.29) is 17.6 Å². The zero-order chi connectivity index (χ0) is 15.2. The Labute approximate surface area is 128 Å². The van der Waals surface area contributed by atoms with Crippen molar-refractivity contribution in [2.75, 3.05) is 12.8 Å². The molecule has 1 aromatic heterocycles. The highest BCUT2D eigenvalue weighted by atomic mass is 35.5. The molecule has 0 amide bonds. The third-order valence-corrected chi connectivity index (χ3v) is 4.69. The molecule has 0 bridgehead atoms. The summed E-state index contributed by atoms with van der Waals surface area (Å²) in [4.78, 5) is 0. The number of anilines is 1. The van der Waals surface area contributed by atoms with Crippen LogP contribution in [0.15, 0.2) is 18.2 Å². The van der Waals surface area contributed by atoms with Crippen LogP contribution in [0.25, 0.3) is 11.4 Å². The minimum Gasteiger partial charge on any atom is -0.398 e. The van der Waals surface area contributed by atoms with Crippen LogP contribution in [0.4, 0.5) is 5.69 Å². The van der Waals surface area contributed by atoms with Gasteiger partial charge in [-0.3, -0.25) is 0 Å². The molecule has 7 heteroatoms. The lowest BCUT2D eigenvalue weighted by Crippen LogP contribution is -2.51. The van der Waals surface area contributed by atoms with Crippen molar-refractivity contribution in [1.82, 2.24) is 20.2 Å². The third-order valence-electron chi connectivity index (χ3n) is 4.45. The van der Waals surface area contributed by atoms with Crippen molar-refractivity contribution in [1.29, 1.82) is 0 Å². The molecule has 112 valence electrons. The Bertz CT molecular complexity index is 669. The lowest BCUT2D eigenvalue weighted by Gasteiger charge is -2.50. The topological polar surface area (TPSA) is 78.8 Å². The number of methoxy groups -OCH3 is 1. The summed E-state index contributed by atoms with van der Waals surface area (Å²) in [7, 11) is 1.74. The van der Waals surface area contributed by atoms with Gasteiger partial charge in [0.05, 0.1) is 12.1 Å². The van der Waals surface area contributed by atoms with Gasteiger partial charge in [-0.2, -0.15) is 0 Å². The Hall–Kier alpha value is -1.66. The molecule has 2 unspecified atom stereocenters. The number of halogens is 1. The fourth-order valence-electron chi connectivity index (χ4n) is 3.00. The molecule has 1 aliphatic carbocycles. The summed E-state index contributed by atoms with van der Waals surface area (Å²) in [6, 6.07) is 5.53. The maximum absolute atomic E-state index is 6.04. The van der Waals surface area contributed by atoms with Crippen LogP contribution in [-0.2, 0) is 4.74 Å². The van der Waals surface area contributed by atoms with Crippen molar-refractivity contribution in [2.24, 2.45) is 5.41 Å². The number of hydrogen-bond acceptors (Lipinski definition) is 5. The van der Waals surface area contributed by atoms with E-state index in [0.29, 0.717) is 16.5 Å². The van der Waals surface area contributed by atoms with Crippen LogP contribution >= 0.6 is 11.6 Å². The van der Waals surface area contributed by atoms with Gasteiger partial charge in [0, 0.05) is 28.8 Å². The van der Waals surface area contributed by atoms with Crippen molar-refractivity contribution >= 4 is 17.3 Å². The van der Waals surface area contributed by atoms with Crippen molar-refractivity contribution in [3.8, 4) is 11.4 Å². The number of nitrogens with zero attached hydrogens (tertiary/aromatic N) is 4. The molecular weight excluding hydrogens is 290 g/mol. The monoisotopic (exact) mass is 307 g/mol. The largest absolute Gasteiger partial charge is 0.398 e. The lowest BCUT2D eigenvalue weighted by molar-refractivity contribution is -0.116. The molecule has 6 nitrogen and oxygen atoms in total. The number of aromatic nitrogens is 4. The summed E-state index contributed by atoms with van der Waals surface area (Å²) in [6.07, 6.45) is 1.09. The Morgan fingerprint density at radius 3 is 2.81 bits per heavy atom. The Kier molecular flexibility index (Phi) is 3.37. The van der Waals surface area contributed by atoms with E-state index in [1.165, 1.54) is 0 Å². The van der Waals surface area contributed by atoms with E-state index in [9.17, 15) is 0 Å². The predicted octanol–water partition coefficient (Wildman–Crippen LogP) is 2.56. The molecule has 1 aliphatic rings. The zero-order valence-corrected chi connectivity index (χ0v) is 13.0. The highest BCUT2D eigenvalue weighted by Crippen LogP contribution is 2.51. The van der Waals surface area contributed by atoms with Gasteiger partial charge in [0.2, 0.25) is 0 Å². The molecule has 2 aromatic rings. The average molecular weight is 308 g/mol. The second-order valence-electron chi connectivity index (χ2n) is 5.98. The van der Waals surface area contributed by atoms with Gasteiger partial charge in [-0.1, -0.05) is 25.4 Å². The van der Waals surface area contributed by atoms with Gasteiger partial charge in [-0.25, -0.2) is 4.68 Å². The second-order valence-corrected chi connectivity index (χ2v) is 6.41. The highest BCUT2D eigenvalue weighted by Gasteiger charge is 2.51. The number of nitrogen functional groups attached to an aromatic ring is 1. The van der Waals surface area contributed by atoms with Gasteiger partial charge in [-0.15, -0.1) is 5.10 Å². The van der Waals surface area contributed by atoms with Crippen LogP contribution in [0, 0.1) is 5.41 Å². The minimum atomic E-state index is -0.0277. The Morgan fingerprint density at radius 1 is 1.43 bits per heavy atom. The van der Waals surface area contributed by atoms with E-state index in [0.717, 1.165) is 12.0 Å². The van der Waals surface area contributed by atoms with Gasteiger partial charge in [0.15, 0.2) is 5.82 Å². The predicted molar refractivity (Wildman–Crippen MR) is 80.9 cm³/mol. The van der Waals surface area contributed by atoms with Crippen LogP contribution in [-0.4, -0.2) is 33.4 Å². The SMILES string of the molecule is COC1CC(n2nnnc2-c2ccc(Cl)cc2N)C1(C)C. The fourth-order valence-corrected chi connectivity index (χ4v) is 3.18. The number of rotatable bonds is 3. The van der Waals surface area contributed by atoms with Crippen LogP contribution < -0.4 is 5.73 Å². The summed E-state index contributed by atoms with van der Waals surface area (Å²) < 4.78 is 7.33. The minimum absolute atomic E-state index is 0.0277. The van der Waals surface area contributed by atoms with Gasteiger partial charge in [0.25, 0.3) is 0 Å². The second kappa shape index (κ2) is 4.96. The number of nitrogens with two attached hydrogens (primary N) is 1. The summed E-state index contributed by atoms with van der Waals surface area (Å²) >= 11 is 5.95. The quantitative estimate of drug-likeness (QED) is 0.882. The average Bonchev–Trinajstić information content (AvgIpc) is 2.87. The van der Waals surface area contributed by atoms with E-state index in [4.69, 9.17) is 22.1 Å². The number of hydrogen-bond donors (Lipinski definition) is 1. The number of tetrazole rings is 1. The van der Waals surface area contributed by atoms with E-state index < -0.39 is 0 Å². The fraction of sp³-hybridized carbons (Fsp3) is 0.500. The molecule has 0 radical (unpaired) electrons. The van der Waals surface area contributed by atoms with E-state index in [1.54, 1.807) is 19.2 Å². The molecule has 2 N–H and O–H groups in total. The summed E-state index contributed by atoms with van der Waals surface area (Å²) in [5.41, 5.74) is 7.38. The molecule has 1 saturated carbocycles. The highest BCUT2D eigenvalue weighted by molar-refractivity contribution is 6.31. The van der Waals surface area contributed by atoms with Crippen LogP contribution in [0.2, 0.25) is 5.02 Å². The number of benzene rings is 1. The molecule has 0 aliphatic heterocycles. The maximum atomic E-state index is 6.04. The first-order valence-electron chi connectivity index (χ1n) is 6.81. The molecule has 21 heavy (non-hydrogen) atoms. The molecule has 0 spiro atoms. The molecule has 0 saturated heterocycles.